The number of fused-ring (bicyclic) bond motifs is 2. The zero-order valence-corrected chi connectivity index (χ0v) is 24.2. The molecule has 0 radical (unpaired) electrons. The van der Waals surface area contributed by atoms with Gasteiger partial charge in [-0.2, -0.15) is 5.26 Å². The van der Waals surface area contributed by atoms with Gasteiger partial charge in [-0.05, 0) is 49.8 Å². The zero-order chi connectivity index (χ0) is 29.1. The van der Waals surface area contributed by atoms with Gasteiger partial charge in [0, 0.05) is 24.2 Å². The largest absolute Gasteiger partial charge is 0.496 e. The van der Waals surface area contributed by atoms with Crippen molar-refractivity contribution in [2.75, 3.05) is 26.8 Å². The lowest BCUT2D eigenvalue weighted by molar-refractivity contribution is -0.127. The number of rotatable bonds is 8. The van der Waals surface area contributed by atoms with Gasteiger partial charge in [-0.25, -0.2) is 4.99 Å². The van der Waals surface area contributed by atoms with Crippen molar-refractivity contribution < 1.29 is 14.3 Å². The van der Waals surface area contributed by atoms with Gasteiger partial charge in [0.15, 0.2) is 11.4 Å². The third-order valence-electron chi connectivity index (χ3n) is 7.22. The van der Waals surface area contributed by atoms with Gasteiger partial charge in [-0.1, -0.05) is 59.9 Å². The molecule has 0 saturated carbocycles. The maximum Gasteiger partial charge on any atom is 0.271 e. The smallest absolute Gasteiger partial charge is 0.271 e. The number of hydrogen-bond acceptors (Lipinski definition) is 7. The average Bonchev–Trinajstić information content (AvgIpc) is 3.29. The molecule has 9 heteroatoms. The fourth-order valence-electron chi connectivity index (χ4n) is 5.27. The third kappa shape index (κ3) is 5.03. The van der Waals surface area contributed by atoms with Gasteiger partial charge in [0.25, 0.3) is 11.5 Å². The molecular weight excluding hydrogens is 536 g/mol. The molecule has 2 heterocycles. The summed E-state index contributed by atoms with van der Waals surface area (Å²) in [6.45, 7) is 6.63. The number of carbonyl (C=O) groups is 1. The lowest BCUT2D eigenvalue weighted by Crippen LogP contribution is -2.43. The molecule has 1 aliphatic rings. The Kier molecular flexibility index (Phi) is 8.04. The van der Waals surface area contributed by atoms with Gasteiger partial charge in [0.2, 0.25) is 0 Å². The van der Waals surface area contributed by atoms with Gasteiger partial charge in [-0.3, -0.25) is 14.2 Å². The zero-order valence-electron chi connectivity index (χ0n) is 23.4. The molecule has 8 nitrogen and oxygen atoms in total. The lowest BCUT2D eigenvalue weighted by atomic mass is 9.90. The van der Waals surface area contributed by atoms with Crippen molar-refractivity contribution in [1.82, 2.24) is 9.47 Å². The van der Waals surface area contributed by atoms with Crippen LogP contribution in [0.3, 0.4) is 0 Å². The molecule has 1 aliphatic heterocycles. The number of thiazole rings is 1. The van der Waals surface area contributed by atoms with Crippen LogP contribution in [0.4, 0.5) is 0 Å². The summed E-state index contributed by atoms with van der Waals surface area (Å²) < 4.78 is 13.5. The molecule has 0 unspecified atom stereocenters. The number of carbonyl (C=O) groups excluding carboxylic acids is 1. The van der Waals surface area contributed by atoms with Crippen LogP contribution >= 0.6 is 11.3 Å². The summed E-state index contributed by atoms with van der Waals surface area (Å²) in [6.07, 6.45) is 1.75. The second-order valence-corrected chi connectivity index (χ2v) is 10.5. The van der Waals surface area contributed by atoms with E-state index < -0.39 is 6.04 Å². The maximum atomic E-state index is 14.2. The summed E-state index contributed by atoms with van der Waals surface area (Å²) in [5, 5.41) is 10.9. The first-order valence-corrected chi connectivity index (χ1v) is 14.2. The number of hydrogen-bond donors (Lipinski definition) is 0. The van der Waals surface area contributed by atoms with Crippen LogP contribution in [0.1, 0.15) is 37.9 Å². The van der Waals surface area contributed by atoms with Crippen molar-refractivity contribution in [2.45, 2.75) is 26.8 Å². The van der Waals surface area contributed by atoms with E-state index >= 15 is 0 Å². The minimum absolute atomic E-state index is 0.108. The van der Waals surface area contributed by atoms with Crippen LogP contribution in [0.25, 0.3) is 16.8 Å². The fraction of sp³-hybridized carbons (Fsp3) is 0.250. The summed E-state index contributed by atoms with van der Waals surface area (Å²) >= 11 is 1.25. The summed E-state index contributed by atoms with van der Waals surface area (Å²) in [7, 11) is 1.60. The molecule has 0 saturated heterocycles. The van der Waals surface area contributed by atoms with Crippen LogP contribution in [0.5, 0.6) is 11.5 Å². The van der Waals surface area contributed by atoms with E-state index in [-0.39, 0.29) is 18.1 Å². The summed E-state index contributed by atoms with van der Waals surface area (Å²) in [4.78, 5) is 35.3. The molecule has 208 valence electrons. The van der Waals surface area contributed by atoms with Gasteiger partial charge in [0.1, 0.15) is 23.6 Å². The van der Waals surface area contributed by atoms with Crippen LogP contribution in [-0.4, -0.2) is 42.2 Å². The minimum atomic E-state index is -0.757. The Balaban J connectivity index is 1.83. The third-order valence-corrected chi connectivity index (χ3v) is 8.21. The number of methoxy groups -OCH3 is 1. The number of amides is 1. The van der Waals surface area contributed by atoms with Crippen LogP contribution < -0.4 is 24.4 Å². The van der Waals surface area contributed by atoms with Gasteiger partial charge in [-0.15, -0.1) is 0 Å². The molecule has 0 aliphatic carbocycles. The Labute approximate surface area is 241 Å². The van der Waals surface area contributed by atoms with E-state index in [4.69, 9.17) is 19.7 Å². The lowest BCUT2D eigenvalue weighted by Gasteiger charge is -2.30. The molecule has 3 aromatic carbocycles. The van der Waals surface area contributed by atoms with E-state index in [0.717, 1.165) is 16.3 Å². The highest BCUT2D eigenvalue weighted by atomic mass is 32.1. The molecule has 0 N–H and O–H groups in total. The maximum absolute atomic E-state index is 14.2. The van der Waals surface area contributed by atoms with Crippen molar-refractivity contribution >= 4 is 34.1 Å². The van der Waals surface area contributed by atoms with Crippen molar-refractivity contribution in [3.63, 3.8) is 0 Å². The molecule has 0 fully saturated rings. The van der Waals surface area contributed by atoms with E-state index in [1.807, 2.05) is 81.4 Å². The van der Waals surface area contributed by atoms with Crippen LogP contribution in [0.15, 0.2) is 81.7 Å². The number of para-hydroxylation sites is 1. The molecule has 4 aromatic rings. The average molecular weight is 567 g/mol. The van der Waals surface area contributed by atoms with E-state index in [1.165, 1.54) is 11.3 Å². The number of nitrogens with zero attached hydrogens (tertiary/aromatic N) is 4. The molecule has 5 rings (SSSR count). The van der Waals surface area contributed by atoms with Crippen molar-refractivity contribution in [1.29, 1.82) is 5.26 Å². The molecule has 1 aromatic heterocycles. The Morgan fingerprint density at radius 2 is 1.83 bits per heavy atom. The van der Waals surface area contributed by atoms with Crippen molar-refractivity contribution in [3.8, 4) is 17.6 Å². The topological polar surface area (TPSA) is 96.9 Å². The molecular formula is C32H30N4O4S. The number of benzene rings is 3. The van der Waals surface area contributed by atoms with Crippen molar-refractivity contribution in [2.24, 2.45) is 4.99 Å². The van der Waals surface area contributed by atoms with E-state index in [9.17, 15) is 9.59 Å². The molecule has 0 bridgehead atoms. The first-order chi connectivity index (χ1) is 19.9. The van der Waals surface area contributed by atoms with E-state index in [0.29, 0.717) is 50.8 Å². The SMILES string of the molecule is CCN(CC)C(=O)C1=C(C)N=c2s/c(=C/c3ccccc3OCC#N)c(=O)n2[C@@H]1c1c(OC)ccc2ccccc12. The van der Waals surface area contributed by atoms with Gasteiger partial charge >= 0.3 is 0 Å². The Hall–Kier alpha value is -4.68. The van der Waals surface area contributed by atoms with Crippen LogP contribution in [0, 0.1) is 11.3 Å². The van der Waals surface area contributed by atoms with Crippen LogP contribution in [-0.2, 0) is 4.79 Å². The molecule has 1 amide bonds. The fourth-order valence-corrected chi connectivity index (χ4v) is 6.30. The second kappa shape index (κ2) is 11.8. The summed E-state index contributed by atoms with van der Waals surface area (Å²) in [6, 6.07) is 20.2. The second-order valence-electron chi connectivity index (χ2n) is 9.45. The quantitative estimate of drug-likeness (QED) is 0.319. The van der Waals surface area contributed by atoms with Crippen LogP contribution in [0.2, 0.25) is 0 Å². The van der Waals surface area contributed by atoms with Gasteiger partial charge in [0.05, 0.1) is 22.9 Å². The molecule has 0 spiro atoms. The summed E-state index contributed by atoms with van der Waals surface area (Å²) in [5.74, 6) is 0.916. The monoisotopic (exact) mass is 566 g/mol. The summed E-state index contributed by atoms with van der Waals surface area (Å²) in [5.41, 5.74) is 2.14. The highest BCUT2D eigenvalue weighted by Gasteiger charge is 2.36. The number of likely N-dealkylation sites (N-methyl/N-ethyl adjacent to an activating group) is 1. The first kappa shape index (κ1) is 27.9. The van der Waals surface area contributed by atoms with E-state index in [1.54, 1.807) is 28.7 Å². The number of allylic oxidation sites excluding steroid dienone is 1. The number of aromatic nitrogens is 1. The predicted octanol–water partition coefficient (Wildman–Crippen LogP) is 4.17. The highest BCUT2D eigenvalue weighted by molar-refractivity contribution is 7.07. The Morgan fingerprint density at radius 3 is 2.56 bits per heavy atom. The van der Waals surface area contributed by atoms with Gasteiger partial charge < -0.3 is 14.4 Å². The van der Waals surface area contributed by atoms with Crippen molar-refractivity contribution in [3.05, 3.63) is 103 Å². The first-order valence-electron chi connectivity index (χ1n) is 13.4. The number of ether oxygens (including phenoxy) is 2. The normalized spacial score (nSPS) is 14.8. The Bertz CT molecular complexity index is 1890. The highest BCUT2D eigenvalue weighted by Crippen LogP contribution is 2.40. The standard InChI is InChI=1S/C32H30N4O4S/c1-5-35(6-2)31(38)27-20(3)34-32-36(29(27)28-23-13-9-7-11-21(23)15-16-25(28)39-4)30(37)26(41-32)19-22-12-8-10-14-24(22)40-18-17-33/h7-16,19,29H,5-6,18H2,1-4H3/b26-19+/t29-/m0/s1. The number of nitriles is 1. The van der Waals surface area contributed by atoms with E-state index in [2.05, 4.69) is 0 Å². The molecule has 1 atom stereocenters. The Morgan fingerprint density at radius 1 is 1.10 bits per heavy atom. The minimum Gasteiger partial charge on any atom is -0.496 e. The predicted molar refractivity (Wildman–Crippen MR) is 160 cm³/mol. The molecule has 41 heavy (non-hydrogen) atoms.